The minimum atomic E-state index is -3.06. The summed E-state index contributed by atoms with van der Waals surface area (Å²) in [5.74, 6) is 0.757. The zero-order chi connectivity index (χ0) is 14.2. The van der Waals surface area contributed by atoms with E-state index in [9.17, 15) is 8.42 Å². The largest absolute Gasteiger partial charge is 0.497 e. The number of methoxy groups -OCH3 is 1. The number of nitrogens with zero attached hydrogens (tertiary/aromatic N) is 1. The molecule has 7 heteroatoms. The Morgan fingerprint density at radius 1 is 1.47 bits per heavy atom. The Morgan fingerprint density at radius 3 is 2.74 bits per heavy atom. The molecule has 1 unspecified atom stereocenters. The minimum Gasteiger partial charge on any atom is -0.497 e. The molecule has 0 aliphatic heterocycles. The van der Waals surface area contributed by atoms with E-state index in [-0.39, 0.29) is 11.8 Å². The van der Waals surface area contributed by atoms with Gasteiger partial charge in [-0.25, -0.2) is 8.42 Å². The van der Waals surface area contributed by atoms with Crippen LogP contribution in [-0.4, -0.2) is 37.1 Å². The molecule has 0 spiro atoms. The molecule has 104 valence electrons. The third kappa shape index (κ3) is 2.98. The zero-order valence-corrected chi connectivity index (χ0v) is 12.6. The van der Waals surface area contributed by atoms with Crippen LogP contribution in [0.1, 0.15) is 13.0 Å². The van der Waals surface area contributed by atoms with Crippen LogP contribution < -0.4 is 4.74 Å². The number of sulfone groups is 1. The molecule has 1 heterocycles. The lowest BCUT2D eigenvalue weighted by Crippen LogP contribution is -2.16. The molecule has 0 radical (unpaired) electrons. The SMILES string of the molecule is COc1ccc2[nH]c(=S)n(C(C)CS(C)(=O)=O)c2c1. The Balaban J connectivity index is 2.58. The van der Waals surface area contributed by atoms with Crippen LogP contribution in [0.25, 0.3) is 11.0 Å². The van der Waals surface area contributed by atoms with Gasteiger partial charge in [0, 0.05) is 18.4 Å². The van der Waals surface area contributed by atoms with E-state index in [0.717, 1.165) is 11.0 Å². The van der Waals surface area contributed by atoms with Gasteiger partial charge in [0.15, 0.2) is 4.77 Å². The average Bonchev–Trinajstić information content (AvgIpc) is 2.61. The number of nitrogens with one attached hydrogen (secondary N) is 1. The van der Waals surface area contributed by atoms with Crippen molar-refractivity contribution in [2.24, 2.45) is 0 Å². The van der Waals surface area contributed by atoms with Crippen molar-refractivity contribution in [3.63, 3.8) is 0 Å². The highest BCUT2D eigenvalue weighted by Crippen LogP contribution is 2.24. The third-order valence-corrected chi connectivity index (χ3v) is 4.30. The summed E-state index contributed by atoms with van der Waals surface area (Å²) < 4.78 is 30.4. The number of benzene rings is 1. The number of imidazole rings is 1. The van der Waals surface area contributed by atoms with Gasteiger partial charge in [-0.05, 0) is 31.3 Å². The molecular weight excluding hydrogens is 284 g/mol. The molecule has 1 aromatic heterocycles. The molecule has 1 aromatic carbocycles. The molecular formula is C12H16N2O3S2. The van der Waals surface area contributed by atoms with Gasteiger partial charge in [-0.2, -0.15) is 0 Å². The monoisotopic (exact) mass is 300 g/mol. The second kappa shape index (κ2) is 4.97. The molecule has 0 aliphatic carbocycles. The lowest BCUT2D eigenvalue weighted by molar-refractivity contribution is 0.415. The van der Waals surface area contributed by atoms with Crippen molar-refractivity contribution < 1.29 is 13.2 Å². The molecule has 1 N–H and O–H groups in total. The predicted molar refractivity (Wildman–Crippen MR) is 78.1 cm³/mol. The van der Waals surface area contributed by atoms with Crippen molar-refractivity contribution >= 4 is 33.1 Å². The van der Waals surface area contributed by atoms with E-state index in [1.54, 1.807) is 7.11 Å². The van der Waals surface area contributed by atoms with Gasteiger partial charge in [-0.1, -0.05) is 0 Å². The number of hydrogen-bond acceptors (Lipinski definition) is 4. The van der Waals surface area contributed by atoms with Gasteiger partial charge >= 0.3 is 0 Å². The highest BCUT2D eigenvalue weighted by atomic mass is 32.2. The second-order valence-electron chi connectivity index (χ2n) is 4.62. The van der Waals surface area contributed by atoms with Crippen LogP contribution in [0.15, 0.2) is 18.2 Å². The third-order valence-electron chi connectivity index (χ3n) is 2.91. The van der Waals surface area contributed by atoms with Crippen LogP contribution in [0.5, 0.6) is 5.75 Å². The number of H-pyrrole nitrogens is 1. The quantitative estimate of drug-likeness (QED) is 0.880. The summed E-state index contributed by atoms with van der Waals surface area (Å²) in [5, 5.41) is 0. The molecule has 5 nitrogen and oxygen atoms in total. The molecule has 2 rings (SSSR count). The van der Waals surface area contributed by atoms with Crippen LogP contribution >= 0.6 is 12.2 Å². The molecule has 0 bridgehead atoms. The molecule has 0 fully saturated rings. The van der Waals surface area contributed by atoms with E-state index in [4.69, 9.17) is 17.0 Å². The van der Waals surface area contributed by atoms with E-state index in [1.165, 1.54) is 6.26 Å². The van der Waals surface area contributed by atoms with E-state index in [1.807, 2.05) is 29.7 Å². The predicted octanol–water partition coefficient (Wildman–Crippen LogP) is 2.31. The van der Waals surface area contributed by atoms with Crippen LogP contribution in [0, 0.1) is 4.77 Å². The van der Waals surface area contributed by atoms with E-state index in [0.29, 0.717) is 10.5 Å². The number of aromatic amines is 1. The minimum absolute atomic E-state index is 0.0471. The first-order valence-electron chi connectivity index (χ1n) is 5.78. The lowest BCUT2D eigenvalue weighted by Gasteiger charge is -2.13. The maximum absolute atomic E-state index is 11.4. The highest BCUT2D eigenvalue weighted by Gasteiger charge is 2.16. The van der Waals surface area contributed by atoms with Gasteiger partial charge in [-0.15, -0.1) is 0 Å². The van der Waals surface area contributed by atoms with Crippen molar-refractivity contribution in [3.05, 3.63) is 23.0 Å². The summed E-state index contributed by atoms with van der Waals surface area (Å²) in [4.78, 5) is 3.07. The first kappa shape index (κ1) is 14.1. The molecule has 19 heavy (non-hydrogen) atoms. The number of fused-ring (bicyclic) bond motifs is 1. The zero-order valence-electron chi connectivity index (χ0n) is 11.0. The van der Waals surface area contributed by atoms with Crippen LogP contribution in [0.2, 0.25) is 0 Å². The summed E-state index contributed by atoms with van der Waals surface area (Å²) >= 11 is 5.27. The fraction of sp³-hybridized carbons (Fsp3) is 0.417. The van der Waals surface area contributed by atoms with Crippen molar-refractivity contribution in [2.45, 2.75) is 13.0 Å². The molecule has 0 saturated carbocycles. The Bertz CT molecular complexity index is 759. The summed E-state index contributed by atoms with van der Waals surface area (Å²) in [6, 6.07) is 5.32. The van der Waals surface area contributed by atoms with Gasteiger partial charge in [-0.3, -0.25) is 0 Å². The smallest absolute Gasteiger partial charge is 0.178 e. The Hall–Kier alpha value is -1.34. The Labute approximate surface area is 117 Å². The fourth-order valence-electron chi connectivity index (χ4n) is 2.18. The van der Waals surface area contributed by atoms with Crippen molar-refractivity contribution in [2.75, 3.05) is 19.1 Å². The topological polar surface area (TPSA) is 64.1 Å². The summed E-state index contributed by atoms with van der Waals surface area (Å²) in [7, 11) is -1.47. The van der Waals surface area contributed by atoms with Crippen molar-refractivity contribution in [3.8, 4) is 5.75 Å². The van der Waals surface area contributed by atoms with Gasteiger partial charge in [0.2, 0.25) is 0 Å². The lowest BCUT2D eigenvalue weighted by atomic mass is 10.3. The highest BCUT2D eigenvalue weighted by molar-refractivity contribution is 7.90. The average molecular weight is 300 g/mol. The number of hydrogen-bond donors (Lipinski definition) is 1. The first-order chi connectivity index (χ1) is 8.81. The number of rotatable bonds is 4. The van der Waals surface area contributed by atoms with Crippen LogP contribution in [0.4, 0.5) is 0 Å². The standard InChI is InChI=1S/C12H16N2O3S2/c1-8(7-19(3,15)16)14-11-6-9(17-2)4-5-10(11)13-12(14)18/h4-6,8H,7H2,1-3H3,(H,13,18). The molecule has 2 aromatic rings. The molecule has 0 aliphatic rings. The van der Waals surface area contributed by atoms with Crippen LogP contribution in [0.3, 0.4) is 0 Å². The summed E-state index contributed by atoms with van der Waals surface area (Å²) in [5.41, 5.74) is 1.71. The number of aromatic nitrogens is 2. The maximum Gasteiger partial charge on any atom is 0.178 e. The molecule has 1 atom stereocenters. The van der Waals surface area contributed by atoms with Gasteiger partial charge in [0.05, 0.1) is 23.9 Å². The van der Waals surface area contributed by atoms with E-state index in [2.05, 4.69) is 4.98 Å². The number of ether oxygens (including phenoxy) is 1. The summed E-state index contributed by atoms with van der Waals surface area (Å²) in [6.07, 6.45) is 1.22. The maximum atomic E-state index is 11.4. The molecule has 0 amide bonds. The summed E-state index contributed by atoms with van der Waals surface area (Å²) in [6.45, 7) is 1.84. The van der Waals surface area contributed by atoms with Crippen molar-refractivity contribution in [1.82, 2.24) is 9.55 Å². The van der Waals surface area contributed by atoms with E-state index < -0.39 is 9.84 Å². The Kier molecular flexibility index (Phi) is 3.69. The van der Waals surface area contributed by atoms with Gasteiger partial charge in [0.1, 0.15) is 15.6 Å². The second-order valence-corrected chi connectivity index (χ2v) is 7.20. The fourth-order valence-corrected chi connectivity index (χ4v) is 3.59. The van der Waals surface area contributed by atoms with Crippen molar-refractivity contribution in [1.29, 1.82) is 0 Å². The molecule has 0 saturated heterocycles. The van der Waals surface area contributed by atoms with Crippen LogP contribution in [-0.2, 0) is 9.84 Å². The van der Waals surface area contributed by atoms with E-state index >= 15 is 0 Å². The normalized spacial score (nSPS) is 13.6. The van der Waals surface area contributed by atoms with Gasteiger partial charge < -0.3 is 14.3 Å². The Morgan fingerprint density at radius 2 is 2.16 bits per heavy atom. The van der Waals surface area contributed by atoms with Gasteiger partial charge in [0.25, 0.3) is 0 Å². The first-order valence-corrected chi connectivity index (χ1v) is 8.24.